The Morgan fingerprint density at radius 2 is 1.90 bits per heavy atom. The van der Waals surface area contributed by atoms with Crippen LogP contribution in [0.15, 0.2) is 0 Å². The molecule has 0 saturated heterocycles. The van der Waals surface area contributed by atoms with E-state index in [-0.39, 0.29) is 49.9 Å². The molecule has 4 heteroatoms. The molecule has 56 valence electrons. The molecule has 0 aliphatic carbocycles. The molecule has 0 heterocycles. The van der Waals surface area contributed by atoms with Gasteiger partial charge in [-0.1, -0.05) is 0 Å². The summed E-state index contributed by atoms with van der Waals surface area (Å²) in [6, 6.07) is 0. The molecule has 3 nitrogen and oxygen atoms in total. The zero-order chi connectivity index (χ0) is 7.28. The van der Waals surface area contributed by atoms with Gasteiger partial charge in [0.25, 0.3) is 0 Å². The van der Waals surface area contributed by atoms with Crippen molar-refractivity contribution in [2.75, 3.05) is 6.61 Å². The van der Waals surface area contributed by atoms with Crippen molar-refractivity contribution < 1.29 is 14.3 Å². The van der Waals surface area contributed by atoms with Gasteiger partial charge in [-0.05, 0) is 13.8 Å². The van der Waals surface area contributed by atoms with E-state index >= 15 is 0 Å². The molecule has 0 rings (SSSR count). The number of carbonyl (C=O) groups excluding carboxylic acids is 2. The first-order valence-corrected chi connectivity index (χ1v) is 2.82. The van der Waals surface area contributed by atoms with E-state index in [9.17, 15) is 9.59 Å². The third-order valence-electron chi connectivity index (χ3n) is 0.699. The summed E-state index contributed by atoms with van der Waals surface area (Å²) in [6.45, 7) is 3.40. The number of rotatable bonds is 3. The SMILES string of the molecule is CCOC(=O)CC(C)=O.[CaH2]. The molecule has 0 aromatic heterocycles. The van der Waals surface area contributed by atoms with E-state index in [4.69, 9.17) is 0 Å². The molecule has 0 radical (unpaired) electrons. The van der Waals surface area contributed by atoms with E-state index in [0.717, 1.165) is 0 Å². The first kappa shape index (κ1) is 13.0. The third kappa shape index (κ3) is 8.40. The maximum absolute atomic E-state index is 10.4. The predicted octanol–water partition coefficient (Wildman–Crippen LogP) is -0.388. The average molecular weight is 172 g/mol. The fourth-order valence-corrected chi connectivity index (χ4v) is 0.415. The molecule has 0 aliphatic rings. The van der Waals surface area contributed by atoms with Crippen molar-refractivity contribution in [2.45, 2.75) is 20.3 Å². The minimum atomic E-state index is -0.440. The number of esters is 1. The molecule has 0 aromatic rings. The molecular weight excluding hydrogens is 160 g/mol. The van der Waals surface area contributed by atoms with Crippen LogP contribution in [0.1, 0.15) is 20.3 Å². The van der Waals surface area contributed by atoms with Crippen LogP contribution in [-0.2, 0) is 14.3 Å². The number of Topliss-reactive ketones (excluding diaryl/α,β-unsaturated/α-hetero) is 1. The summed E-state index contributed by atoms with van der Waals surface area (Å²) in [4.78, 5) is 20.6. The number of carbonyl (C=O) groups is 2. The third-order valence-corrected chi connectivity index (χ3v) is 0.699. The van der Waals surface area contributed by atoms with Crippen molar-refractivity contribution in [3.8, 4) is 0 Å². The standard InChI is InChI=1S/C6H10O3.Ca.2H/c1-3-9-6(8)4-5(2)7;;;/h3-4H2,1-2H3;;;. The van der Waals surface area contributed by atoms with E-state index in [0.29, 0.717) is 6.61 Å². The molecule has 0 unspecified atom stereocenters. The van der Waals surface area contributed by atoms with E-state index in [2.05, 4.69) is 4.74 Å². The topological polar surface area (TPSA) is 43.4 Å². The number of hydrogen-bond donors (Lipinski definition) is 0. The Labute approximate surface area is 90.1 Å². The Kier molecular flexibility index (Phi) is 9.78. The summed E-state index contributed by atoms with van der Waals surface area (Å²) in [7, 11) is 0. The monoisotopic (exact) mass is 172 g/mol. The molecule has 0 amide bonds. The van der Waals surface area contributed by atoms with Gasteiger partial charge in [-0.3, -0.25) is 9.59 Å². The number of ketones is 1. The zero-order valence-corrected chi connectivity index (χ0v) is 5.64. The molecule has 0 aliphatic heterocycles. The van der Waals surface area contributed by atoms with Crippen LogP contribution < -0.4 is 0 Å². The van der Waals surface area contributed by atoms with Crippen LogP contribution in [0.3, 0.4) is 0 Å². The van der Waals surface area contributed by atoms with E-state index in [1.54, 1.807) is 6.92 Å². The minimum absolute atomic E-state index is 0. The van der Waals surface area contributed by atoms with Crippen molar-refractivity contribution in [3.63, 3.8) is 0 Å². The Bertz CT molecular complexity index is 122. The summed E-state index contributed by atoms with van der Waals surface area (Å²) in [5, 5.41) is 0. The second-order valence-corrected chi connectivity index (χ2v) is 1.68. The van der Waals surface area contributed by atoms with Gasteiger partial charge in [-0.15, -0.1) is 0 Å². The Morgan fingerprint density at radius 3 is 2.20 bits per heavy atom. The molecule has 10 heavy (non-hydrogen) atoms. The first-order chi connectivity index (χ1) is 4.16. The molecule has 0 atom stereocenters. The van der Waals surface area contributed by atoms with Crippen molar-refractivity contribution in [3.05, 3.63) is 0 Å². The van der Waals surface area contributed by atoms with Gasteiger partial charge in [0.1, 0.15) is 12.2 Å². The van der Waals surface area contributed by atoms with Gasteiger partial charge in [0.05, 0.1) is 6.61 Å². The summed E-state index contributed by atoms with van der Waals surface area (Å²) in [5.74, 6) is -0.599. The molecule has 0 spiro atoms. The quantitative estimate of drug-likeness (QED) is 0.331. The Morgan fingerprint density at radius 1 is 1.40 bits per heavy atom. The van der Waals surface area contributed by atoms with Gasteiger partial charge in [0.2, 0.25) is 0 Å². The van der Waals surface area contributed by atoms with Crippen LogP contribution in [0.5, 0.6) is 0 Å². The molecule has 0 aromatic carbocycles. The van der Waals surface area contributed by atoms with E-state index in [1.807, 2.05) is 0 Å². The summed E-state index contributed by atoms with van der Waals surface area (Å²) >= 11 is 0. The van der Waals surface area contributed by atoms with Crippen LogP contribution in [0.4, 0.5) is 0 Å². The van der Waals surface area contributed by atoms with E-state index in [1.165, 1.54) is 6.92 Å². The zero-order valence-electron chi connectivity index (χ0n) is 5.64. The van der Waals surface area contributed by atoms with Crippen molar-refractivity contribution in [1.29, 1.82) is 0 Å². The van der Waals surface area contributed by atoms with Crippen LogP contribution in [0.2, 0.25) is 0 Å². The number of hydrogen-bond acceptors (Lipinski definition) is 3. The van der Waals surface area contributed by atoms with Crippen LogP contribution in [0.25, 0.3) is 0 Å². The first-order valence-electron chi connectivity index (χ1n) is 2.82. The molecule has 0 saturated carbocycles. The van der Waals surface area contributed by atoms with Gasteiger partial charge in [0.15, 0.2) is 0 Å². The summed E-state index contributed by atoms with van der Waals surface area (Å²) < 4.78 is 4.49. The van der Waals surface area contributed by atoms with Crippen LogP contribution in [-0.4, -0.2) is 56.1 Å². The fraction of sp³-hybridized carbons (Fsp3) is 0.667. The van der Waals surface area contributed by atoms with E-state index < -0.39 is 5.97 Å². The average Bonchev–Trinajstić information content (AvgIpc) is 1.63. The molecule has 0 N–H and O–H groups in total. The second-order valence-electron chi connectivity index (χ2n) is 1.68. The van der Waals surface area contributed by atoms with Crippen molar-refractivity contribution in [2.24, 2.45) is 0 Å². The van der Waals surface area contributed by atoms with Gasteiger partial charge >= 0.3 is 43.7 Å². The normalized spacial score (nSPS) is 7.80. The van der Waals surface area contributed by atoms with Gasteiger partial charge in [-0.25, -0.2) is 0 Å². The van der Waals surface area contributed by atoms with Gasteiger partial charge in [-0.2, -0.15) is 0 Å². The number of ether oxygens (including phenoxy) is 1. The molecule has 0 bridgehead atoms. The maximum atomic E-state index is 10.4. The fourth-order valence-electron chi connectivity index (χ4n) is 0.415. The molecular formula is C6H12CaO3. The van der Waals surface area contributed by atoms with Gasteiger partial charge < -0.3 is 4.74 Å². The Hall–Kier alpha value is 0.400. The predicted molar refractivity (Wildman–Crippen MR) is 40.5 cm³/mol. The second kappa shape index (κ2) is 7.51. The Balaban J connectivity index is 0. The van der Waals surface area contributed by atoms with Crippen LogP contribution >= 0.6 is 0 Å². The van der Waals surface area contributed by atoms with Crippen LogP contribution in [0, 0.1) is 0 Å². The van der Waals surface area contributed by atoms with Gasteiger partial charge in [0, 0.05) is 0 Å². The van der Waals surface area contributed by atoms with Crippen molar-refractivity contribution in [1.82, 2.24) is 0 Å². The molecule has 0 fully saturated rings. The summed E-state index contributed by atoms with van der Waals surface area (Å²) in [5.41, 5.74) is 0. The van der Waals surface area contributed by atoms with Crippen molar-refractivity contribution >= 4 is 49.5 Å². The summed E-state index contributed by atoms with van der Waals surface area (Å²) in [6.07, 6.45) is -0.103.